The normalized spacial score (nSPS) is 14.7. The summed E-state index contributed by atoms with van der Waals surface area (Å²) in [7, 11) is 0. The summed E-state index contributed by atoms with van der Waals surface area (Å²) in [6, 6.07) is 3.26. The van der Waals surface area contributed by atoms with Crippen LogP contribution in [-0.4, -0.2) is 21.9 Å². The van der Waals surface area contributed by atoms with Gasteiger partial charge in [0.05, 0.1) is 6.07 Å². The molecule has 1 N–H and O–H groups in total. The summed E-state index contributed by atoms with van der Waals surface area (Å²) in [5, 5.41) is 16.1. The van der Waals surface area contributed by atoms with Crippen LogP contribution in [0.25, 0.3) is 0 Å². The van der Waals surface area contributed by atoms with Crippen molar-refractivity contribution in [3.63, 3.8) is 0 Å². The number of hydrogen-bond donors (Lipinski definition) is 1. The summed E-state index contributed by atoms with van der Waals surface area (Å²) in [6.07, 6.45) is -0.317. The highest BCUT2D eigenvalue weighted by Gasteiger charge is 2.33. The van der Waals surface area contributed by atoms with Crippen LogP contribution in [0, 0.1) is 11.3 Å². The van der Waals surface area contributed by atoms with E-state index in [0.717, 1.165) is 19.0 Å². The minimum atomic E-state index is -4.41. The molecule has 0 amide bonds. The van der Waals surface area contributed by atoms with Gasteiger partial charge in [-0.25, -0.2) is 0 Å². The lowest BCUT2D eigenvalue weighted by Gasteiger charge is -2.26. The van der Waals surface area contributed by atoms with E-state index in [1.807, 2.05) is 13.8 Å². The van der Waals surface area contributed by atoms with Gasteiger partial charge < -0.3 is 0 Å². The largest absolute Gasteiger partial charge is 0.435 e. The molecule has 0 radical (unpaired) electrons. The number of halogens is 3. The predicted octanol–water partition coefficient (Wildman–Crippen LogP) is 3.35. The van der Waals surface area contributed by atoms with Crippen LogP contribution < -0.4 is 5.32 Å². The van der Waals surface area contributed by atoms with E-state index in [0.29, 0.717) is 25.8 Å². The molecule has 0 fully saturated rings. The second-order valence-corrected chi connectivity index (χ2v) is 5.04. The molecule has 1 aromatic rings. The molecule has 0 saturated carbocycles. The van der Waals surface area contributed by atoms with Crippen molar-refractivity contribution in [3.05, 3.63) is 18.0 Å². The molecule has 0 saturated heterocycles. The monoisotopic (exact) mass is 302 g/mol. The maximum atomic E-state index is 12.4. The van der Waals surface area contributed by atoms with Gasteiger partial charge >= 0.3 is 6.18 Å². The lowest BCUT2D eigenvalue weighted by Crippen LogP contribution is -2.43. The average molecular weight is 302 g/mol. The first-order valence-corrected chi connectivity index (χ1v) is 7.14. The van der Waals surface area contributed by atoms with Crippen LogP contribution in [0.2, 0.25) is 0 Å². The van der Waals surface area contributed by atoms with E-state index in [-0.39, 0.29) is 0 Å². The number of nitrogens with one attached hydrogen (secondary N) is 1. The number of rotatable bonds is 8. The summed E-state index contributed by atoms with van der Waals surface area (Å²) in [4.78, 5) is 0. The van der Waals surface area contributed by atoms with Crippen LogP contribution in [0.4, 0.5) is 13.2 Å². The first-order valence-electron chi connectivity index (χ1n) is 7.14. The summed E-state index contributed by atoms with van der Waals surface area (Å²) in [5.74, 6) is 0. The van der Waals surface area contributed by atoms with Gasteiger partial charge in [-0.2, -0.15) is 23.5 Å². The second kappa shape index (κ2) is 7.46. The number of hydrogen-bond acceptors (Lipinski definition) is 3. The molecule has 0 aliphatic rings. The third-order valence-corrected chi connectivity index (χ3v) is 3.45. The van der Waals surface area contributed by atoms with Crippen molar-refractivity contribution in [2.45, 2.75) is 57.8 Å². The van der Waals surface area contributed by atoms with Gasteiger partial charge in [-0.3, -0.25) is 10.00 Å². The minimum absolute atomic E-state index is 0.368. The van der Waals surface area contributed by atoms with Gasteiger partial charge in [0.2, 0.25) is 0 Å². The van der Waals surface area contributed by atoms with Gasteiger partial charge in [-0.05, 0) is 38.3 Å². The van der Waals surface area contributed by atoms with Crippen LogP contribution in [0.15, 0.2) is 12.3 Å². The standard InChI is InChI=1S/C14H21F3N4/c1-3-8-19-13(4-2,11-18)7-5-9-21-10-6-12(20-21)14(15,16)17/h6,10,19H,3-5,7-9H2,1-2H3. The van der Waals surface area contributed by atoms with Gasteiger partial charge in [-0.1, -0.05) is 13.8 Å². The number of nitrogens with zero attached hydrogens (tertiary/aromatic N) is 3. The Balaban J connectivity index is 2.55. The van der Waals surface area contributed by atoms with Gasteiger partial charge in [0, 0.05) is 12.7 Å². The van der Waals surface area contributed by atoms with Crippen molar-refractivity contribution < 1.29 is 13.2 Å². The maximum Gasteiger partial charge on any atom is 0.435 e. The predicted molar refractivity (Wildman–Crippen MR) is 73.4 cm³/mol. The van der Waals surface area contributed by atoms with E-state index in [1.165, 1.54) is 10.9 Å². The third-order valence-electron chi connectivity index (χ3n) is 3.45. The van der Waals surface area contributed by atoms with Crippen LogP contribution in [0.3, 0.4) is 0 Å². The molecule has 1 heterocycles. The van der Waals surface area contributed by atoms with Crippen molar-refractivity contribution in [2.75, 3.05) is 6.54 Å². The lowest BCUT2D eigenvalue weighted by atomic mass is 9.92. The molecule has 21 heavy (non-hydrogen) atoms. The fourth-order valence-electron chi connectivity index (χ4n) is 2.11. The second-order valence-electron chi connectivity index (χ2n) is 5.04. The molecule has 0 spiro atoms. The lowest BCUT2D eigenvalue weighted by molar-refractivity contribution is -0.141. The van der Waals surface area contributed by atoms with E-state index in [2.05, 4.69) is 16.5 Å². The van der Waals surface area contributed by atoms with Crippen LogP contribution in [0.1, 0.15) is 45.2 Å². The van der Waals surface area contributed by atoms with Crippen molar-refractivity contribution in [2.24, 2.45) is 0 Å². The maximum absolute atomic E-state index is 12.4. The van der Waals surface area contributed by atoms with Crippen molar-refractivity contribution in [1.29, 1.82) is 5.26 Å². The molecule has 0 aliphatic carbocycles. The molecule has 118 valence electrons. The van der Waals surface area contributed by atoms with Gasteiger partial charge in [0.15, 0.2) is 5.69 Å². The van der Waals surface area contributed by atoms with Gasteiger partial charge in [0.1, 0.15) is 5.54 Å². The summed E-state index contributed by atoms with van der Waals surface area (Å²) < 4.78 is 38.6. The summed E-state index contributed by atoms with van der Waals surface area (Å²) in [5.41, 5.74) is -1.48. The number of nitriles is 1. The molecule has 7 heteroatoms. The van der Waals surface area contributed by atoms with Crippen molar-refractivity contribution in [3.8, 4) is 6.07 Å². The van der Waals surface area contributed by atoms with Crippen LogP contribution >= 0.6 is 0 Å². The molecular weight excluding hydrogens is 281 g/mol. The fourth-order valence-corrected chi connectivity index (χ4v) is 2.11. The Hall–Kier alpha value is -1.55. The van der Waals surface area contributed by atoms with Crippen LogP contribution in [0.5, 0.6) is 0 Å². The molecular formula is C14H21F3N4. The Bertz CT molecular complexity index is 475. The quantitative estimate of drug-likeness (QED) is 0.801. The van der Waals surface area contributed by atoms with E-state index in [1.54, 1.807) is 0 Å². The topological polar surface area (TPSA) is 53.6 Å². The average Bonchev–Trinajstić information content (AvgIpc) is 2.92. The first kappa shape index (κ1) is 17.5. The smallest absolute Gasteiger partial charge is 0.299 e. The van der Waals surface area contributed by atoms with E-state index < -0.39 is 17.4 Å². The Morgan fingerprint density at radius 3 is 2.57 bits per heavy atom. The Morgan fingerprint density at radius 2 is 2.10 bits per heavy atom. The highest BCUT2D eigenvalue weighted by atomic mass is 19.4. The molecule has 1 aromatic heterocycles. The Kier molecular flexibility index (Phi) is 6.21. The first-order chi connectivity index (χ1) is 9.87. The molecule has 1 unspecified atom stereocenters. The number of aryl methyl sites for hydroxylation is 1. The highest BCUT2D eigenvalue weighted by molar-refractivity contribution is 5.06. The zero-order valence-electron chi connectivity index (χ0n) is 12.4. The summed E-state index contributed by atoms with van der Waals surface area (Å²) >= 11 is 0. The third kappa shape index (κ3) is 5.05. The van der Waals surface area contributed by atoms with E-state index in [4.69, 9.17) is 0 Å². The van der Waals surface area contributed by atoms with Gasteiger partial charge in [-0.15, -0.1) is 0 Å². The highest BCUT2D eigenvalue weighted by Crippen LogP contribution is 2.27. The van der Waals surface area contributed by atoms with E-state index >= 15 is 0 Å². The fraction of sp³-hybridized carbons (Fsp3) is 0.714. The van der Waals surface area contributed by atoms with Gasteiger partial charge in [0.25, 0.3) is 0 Å². The van der Waals surface area contributed by atoms with Crippen molar-refractivity contribution in [1.82, 2.24) is 15.1 Å². The summed E-state index contributed by atoms with van der Waals surface area (Å²) in [6.45, 7) is 5.07. The zero-order valence-corrected chi connectivity index (χ0v) is 12.4. The molecule has 0 aromatic carbocycles. The molecule has 0 bridgehead atoms. The molecule has 1 atom stereocenters. The molecule has 1 rings (SSSR count). The van der Waals surface area contributed by atoms with Crippen LogP contribution in [-0.2, 0) is 12.7 Å². The zero-order chi connectivity index (χ0) is 15.9. The Labute approximate surface area is 122 Å². The van der Waals surface area contributed by atoms with E-state index in [9.17, 15) is 18.4 Å². The molecule has 4 nitrogen and oxygen atoms in total. The minimum Gasteiger partial charge on any atom is -0.299 e. The molecule has 0 aliphatic heterocycles. The number of alkyl halides is 3. The number of aromatic nitrogens is 2. The SMILES string of the molecule is CCCNC(C#N)(CC)CCCn1ccc(C(F)(F)F)n1. The Morgan fingerprint density at radius 1 is 1.38 bits per heavy atom. The van der Waals surface area contributed by atoms with Crippen molar-refractivity contribution >= 4 is 0 Å².